The fraction of sp³-hybridized carbons (Fsp3) is 0.941. The van der Waals surface area contributed by atoms with E-state index in [9.17, 15) is 4.79 Å². The van der Waals surface area contributed by atoms with Gasteiger partial charge in [-0.15, -0.1) is 0 Å². The molecular formula is C17H31NO. The summed E-state index contributed by atoms with van der Waals surface area (Å²) in [5.74, 6) is 2.14. The molecule has 0 heterocycles. The van der Waals surface area contributed by atoms with Crippen molar-refractivity contribution in [3.63, 3.8) is 0 Å². The summed E-state index contributed by atoms with van der Waals surface area (Å²) in [6.45, 7) is 1.65. The largest absolute Gasteiger partial charge is 0.354 e. The normalized spacial score (nSPS) is 31.0. The van der Waals surface area contributed by atoms with Gasteiger partial charge in [-0.3, -0.25) is 4.79 Å². The van der Waals surface area contributed by atoms with Gasteiger partial charge in [0.2, 0.25) is 5.91 Å². The lowest BCUT2D eigenvalue weighted by Crippen LogP contribution is -2.34. The fourth-order valence-corrected chi connectivity index (χ4v) is 4.23. The molecule has 2 heteroatoms. The predicted molar refractivity (Wildman–Crippen MR) is 80.0 cm³/mol. The van der Waals surface area contributed by atoms with Crippen LogP contribution in [0.1, 0.15) is 84.0 Å². The molecule has 0 spiro atoms. The van der Waals surface area contributed by atoms with Gasteiger partial charge in [0.15, 0.2) is 0 Å². The lowest BCUT2D eigenvalue weighted by atomic mass is 9.77. The van der Waals surface area contributed by atoms with Gasteiger partial charge < -0.3 is 5.32 Å². The second kappa shape index (κ2) is 7.91. The molecule has 0 saturated heterocycles. The van der Waals surface area contributed by atoms with Gasteiger partial charge in [0.1, 0.15) is 0 Å². The average molecular weight is 265 g/mol. The standard InChI is InChI=1S/C17H31NO/c1-14(19)18-17-12-6-10-16(11-7-13-17)15-8-4-2-3-5-9-15/h15-17H,2-13H2,1H3,(H,18,19). The van der Waals surface area contributed by atoms with Crippen LogP contribution in [0.5, 0.6) is 0 Å². The summed E-state index contributed by atoms with van der Waals surface area (Å²) in [5.41, 5.74) is 0. The Balaban J connectivity index is 1.78. The minimum Gasteiger partial charge on any atom is -0.354 e. The molecule has 0 aromatic heterocycles. The van der Waals surface area contributed by atoms with E-state index in [1.165, 1.54) is 77.0 Å². The smallest absolute Gasteiger partial charge is 0.217 e. The highest BCUT2D eigenvalue weighted by molar-refractivity contribution is 5.73. The van der Waals surface area contributed by atoms with E-state index in [0.717, 1.165) is 11.8 Å². The molecule has 19 heavy (non-hydrogen) atoms. The SMILES string of the molecule is CC(=O)NC1CCCC(C2CCCCCC2)CCC1. The quantitative estimate of drug-likeness (QED) is 0.735. The molecule has 2 saturated carbocycles. The van der Waals surface area contributed by atoms with Crippen molar-refractivity contribution in [3.05, 3.63) is 0 Å². The molecule has 2 aliphatic rings. The Morgan fingerprint density at radius 1 is 0.737 bits per heavy atom. The summed E-state index contributed by atoms with van der Waals surface area (Å²) in [6, 6.07) is 0.451. The minimum absolute atomic E-state index is 0.144. The molecule has 2 fully saturated rings. The zero-order chi connectivity index (χ0) is 13.5. The highest BCUT2D eigenvalue weighted by atomic mass is 16.1. The van der Waals surface area contributed by atoms with Gasteiger partial charge in [0, 0.05) is 13.0 Å². The first-order valence-corrected chi connectivity index (χ1v) is 8.53. The van der Waals surface area contributed by atoms with Crippen molar-refractivity contribution < 1.29 is 4.79 Å². The number of carbonyl (C=O) groups excluding carboxylic acids is 1. The highest BCUT2D eigenvalue weighted by Crippen LogP contribution is 2.36. The fourth-order valence-electron chi connectivity index (χ4n) is 4.23. The molecule has 0 bridgehead atoms. The molecule has 110 valence electrons. The van der Waals surface area contributed by atoms with Gasteiger partial charge in [-0.25, -0.2) is 0 Å². The third kappa shape index (κ3) is 5.16. The summed E-state index contributed by atoms with van der Waals surface area (Å²) in [4.78, 5) is 11.1. The molecule has 2 rings (SSSR count). The first kappa shape index (κ1) is 14.9. The lowest BCUT2D eigenvalue weighted by molar-refractivity contribution is -0.119. The van der Waals surface area contributed by atoms with Crippen LogP contribution in [-0.2, 0) is 4.79 Å². The summed E-state index contributed by atoms with van der Waals surface area (Å²) in [7, 11) is 0. The van der Waals surface area contributed by atoms with Gasteiger partial charge in [-0.05, 0) is 24.7 Å². The van der Waals surface area contributed by atoms with Crippen LogP contribution in [-0.4, -0.2) is 11.9 Å². The molecule has 2 aliphatic carbocycles. The molecule has 1 amide bonds. The molecule has 0 aliphatic heterocycles. The number of amides is 1. The zero-order valence-corrected chi connectivity index (χ0v) is 12.6. The van der Waals surface area contributed by atoms with E-state index in [1.54, 1.807) is 6.92 Å². The van der Waals surface area contributed by atoms with Gasteiger partial charge >= 0.3 is 0 Å². The zero-order valence-electron chi connectivity index (χ0n) is 12.6. The van der Waals surface area contributed by atoms with Crippen LogP contribution in [0.25, 0.3) is 0 Å². The van der Waals surface area contributed by atoms with Gasteiger partial charge in [-0.2, -0.15) is 0 Å². The van der Waals surface area contributed by atoms with Crippen LogP contribution in [0.3, 0.4) is 0 Å². The van der Waals surface area contributed by atoms with Gasteiger partial charge in [-0.1, -0.05) is 64.2 Å². The second-order valence-electron chi connectivity index (χ2n) is 6.77. The van der Waals surface area contributed by atoms with Crippen molar-refractivity contribution in [1.29, 1.82) is 0 Å². The van der Waals surface area contributed by atoms with Crippen molar-refractivity contribution in [1.82, 2.24) is 5.32 Å². The third-order valence-electron chi connectivity index (χ3n) is 5.23. The minimum atomic E-state index is 0.144. The number of nitrogens with one attached hydrogen (secondary N) is 1. The Hall–Kier alpha value is -0.530. The molecule has 0 radical (unpaired) electrons. The summed E-state index contributed by atoms with van der Waals surface area (Å²) < 4.78 is 0. The maximum atomic E-state index is 11.1. The maximum absolute atomic E-state index is 11.1. The van der Waals surface area contributed by atoms with Crippen molar-refractivity contribution >= 4 is 5.91 Å². The maximum Gasteiger partial charge on any atom is 0.217 e. The van der Waals surface area contributed by atoms with E-state index < -0.39 is 0 Å². The van der Waals surface area contributed by atoms with Crippen LogP contribution < -0.4 is 5.32 Å². The van der Waals surface area contributed by atoms with Gasteiger partial charge in [0.25, 0.3) is 0 Å². The Labute approximate surface area is 118 Å². The van der Waals surface area contributed by atoms with E-state index in [1.807, 2.05) is 0 Å². The number of rotatable bonds is 2. The van der Waals surface area contributed by atoms with Crippen LogP contribution in [0, 0.1) is 11.8 Å². The van der Waals surface area contributed by atoms with Crippen LogP contribution in [0.2, 0.25) is 0 Å². The van der Waals surface area contributed by atoms with E-state index in [2.05, 4.69) is 5.32 Å². The first-order chi connectivity index (χ1) is 9.25. The van der Waals surface area contributed by atoms with Crippen LogP contribution >= 0.6 is 0 Å². The van der Waals surface area contributed by atoms with E-state index >= 15 is 0 Å². The molecule has 2 nitrogen and oxygen atoms in total. The molecule has 0 aromatic rings. The molecule has 0 atom stereocenters. The van der Waals surface area contributed by atoms with E-state index in [4.69, 9.17) is 0 Å². The number of carbonyl (C=O) groups is 1. The Kier molecular flexibility index (Phi) is 6.19. The van der Waals surface area contributed by atoms with E-state index in [0.29, 0.717) is 6.04 Å². The van der Waals surface area contributed by atoms with Crippen molar-refractivity contribution in [2.45, 2.75) is 90.0 Å². The summed E-state index contributed by atoms with van der Waals surface area (Å²) >= 11 is 0. The Morgan fingerprint density at radius 2 is 1.21 bits per heavy atom. The molecule has 1 N–H and O–H groups in total. The second-order valence-corrected chi connectivity index (χ2v) is 6.77. The first-order valence-electron chi connectivity index (χ1n) is 8.53. The van der Waals surface area contributed by atoms with Gasteiger partial charge in [0.05, 0.1) is 0 Å². The van der Waals surface area contributed by atoms with Crippen LogP contribution in [0.4, 0.5) is 0 Å². The summed E-state index contributed by atoms with van der Waals surface area (Å²) in [5, 5.41) is 3.11. The number of hydrogen-bond donors (Lipinski definition) is 1. The topological polar surface area (TPSA) is 29.1 Å². The Morgan fingerprint density at radius 3 is 1.68 bits per heavy atom. The highest BCUT2D eigenvalue weighted by Gasteiger charge is 2.24. The molecule has 0 unspecified atom stereocenters. The van der Waals surface area contributed by atoms with Crippen molar-refractivity contribution in [3.8, 4) is 0 Å². The monoisotopic (exact) mass is 265 g/mol. The van der Waals surface area contributed by atoms with Crippen LogP contribution in [0.15, 0.2) is 0 Å². The predicted octanol–water partition coefficient (Wildman–Crippen LogP) is 4.43. The Bertz CT molecular complexity index is 258. The molecule has 0 aromatic carbocycles. The average Bonchev–Trinajstić information content (AvgIpc) is 2.60. The molecular weight excluding hydrogens is 234 g/mol. The number of hydrogen-bond acceptors (Lipinski definition) is 1. The van der Waals surface area contributed by atoms with Crippen molar-refractivity contribution in [2.75, 3.05) is 0 Å². The van der Waals surface area contributed by atoms with E-state index in [-0.39, 0.29) is 5.91 Å². The lowest BCUT2D eigenvalue weighted by Gasteiger charge is -2.30. The summed E-state index contributed by atoms with van der Waals surface area (Å²) in [6.07, 6.45) is 16.7. The van der Waals surface area contributed by atoms with Crippen molar-refractivity contribution in [2.24, 2.45) is 11.8 Å². The third-order valence-corrected chi connectivity index (χ3v) is 5.23.